The van der Waals surface area contributed by atoms with Crippen molar-refractivity contribution in [2.24, 2.45) is 7.05 Å². The Labute approximate surface area is 171 Å². The molecule has 0 spiro atoms. The molecule has 0 saturated carbocycles. The molecule has 1 aliphatic rings. The van der Waals surface area contributed by atoms with E-state index < -0.39 is 16.3 Å². The quantitative estimate of drug-likeness (QED) is 0.723. The van der Waals surface area contributed by atoms with Crippen LogP contribution in [0.15, 0.2) is 30.6 Å². The third-order valence-corrected chi connectivity index (χ3v) is 6.33. The maximum absolute atomic E-state index is 13.2. The third-order valence-electron chi connectivity index (χ3n) is 4.82. The summed E-state index contributed by atoms with van der Waals surface area (Å²) in [7, 11) is 1.11. The number of nitrogens with zero attached hydrogens (tertiary/aromatic N) is 3. The molecule has 3 rings (SSSR count). The van der Waals surface area contributed by atoms with Gasteiger partial charge in [0.2, 0.25) is 0 Å². The van der Waals surface area contributed by atoms with E-state index in [4.69, 9.17) is 14.2 Å². The average Bonchev–Trinajstić information content (AvgIpc) is 3.10. The van der Waals surface area contributed by atoms with E-state index in [0.717, 1.165) is 0 Å². The minimum Gasteiger partial charge on any atom is -0.497 e. The zero-order valence-corrected chi connectivity index (χ0v) is 18.1. The normalized spacial score (nSPS) is 21.7. The first-order chi connectivity index (χ1) is 13.7. The summed E-state index contributed by atoms with van der Waals surface area (Å²) in [4.78, 5) is 4.37. The van der Waals surface area contributed by atoms with Crippen LogP contribution in [0.3, 0.4) is 0 Å². The molecule has 29 heavy (non-hydrogen) atoms. The van der Waals surface area contributed by atoms with E-state index >= 15 is 0 Å². The maximum atomic E-state index is 13.2. The van der Waals surface area contributed by atoms with Crippen molar-refractivity contribution in [3.05, 3.63) is 42.0 Å². The highest BCUT2D eigenvalue weighted by Crippen LogP contribution is 2.30. The van der Waals surface area contributed by atoms with Crippen molar-refractivity contribution in [3.8, 4) is 11.5 Å². The van der Waals surface area contributed by atoms with Gasteiger partial charge in [-0.15, -0.1) is 0 Å². The predicted molar refractivity (Wildman–Crippen MR) is 108 cm³/mol. The molecule has 9 nitrogen and oxygen atoms in total. The average molecular weight is 425 g/mol. The molecule has 0 radical (unpaired) electrons. The van der Waals surface area contributed by atoms with Gasteiger partial charge >= 0.3 is 0 Å². The number of hydrogen-bond acceptors (Lipinski definition) is 6. The van der Waals surface area contributed by atoms with Gasteiger partial charge in [0, 0.05) is 38.6 Å². The Hall–Kier alpha value is -2.14. The van der Waals surface area contributed by atoms with Gasteiger partial charge in [0.25, 0.3) is 10.2 Å². The standard InChI is InChI=1S/C19H28N4O5S/c1-13-11-23(12-14(2)28-13)29(24,25)21-18(19-20-6-7-22(19)3)15-8-16(26-4)10-17(9-15)27-5/h6-10,13-14,18,21H,11-12H2,1-5H3/t13-,14-,18-/m0/s1. The molecule has 1 aromatic carbocycles. The molecule has 3 atom stereocenters. The summed E-state index contributed by atoms with van der Waals surface area (Å²) in [6.07, 6.45) is 3.04. The molecule has 1 N–H and O–H groups in total. The topological polar surface area (TPSA) is 94.9 Å². The second kappa shape index (κ2) is 8.70. The smallest absolute Gasteiger partial charge is 0.280 e. The van der Waals surface area contributed by atoms with Gasteiger partial charge in [-0.05, 0) is 31.5 Å². The number of aryl methyl sites for hydroxylation is 1. The molecule has 2 heterocycles. The van der Waals surface area contributed by atoms with E-state index in [1.807, 2.05) is 20.9 Å². The molecule has 0 amide bonds. The Bertz CT molecular complexity index is 914. The van der Waals surface area contributed by atoms with Crippen LogP contribution >= 0.6 is 0 Å². The van der Waals surface area contributed by atoms with Crippen LogP contribution in [-0.2, 0) is 22.0 Å². The van der Waals surface area contributed by atoms with Gasteiger partial charge in [-0.25, -0.2) is 4.98 Å². The number of benzene rings is 1. The number of hydrogen-bond donors (Lipinski definition) is 1. The Balaban J connectivity index is 2.01. The summed E-state index contributed by atoms with van der Waals surface area (Å²) in [6.45, 7) is 4.30. The van der Waals surface area contributed by atoms with E-state index in [1.54, 1.807) is 49.4 Å². The van der Waals surface area contributed by atoms with E-state index in [-0.39, 0.29) is 25.3 Å². The van der Waals surface area contributed by atoms with Gasteiger partial charge in [-0.3, -0.25) is 0 Å². The van der Waals surface area contributed by atoms with E-state index in [2.05, 4.69) is 9.71 Å². The summed E-state index contributed by atoms with van der Waals surface area (Å²) in [5, 5.41) is 0. The fourth-order valence-electron chi connectivity index (χ4n) is 3.47. The van der Waals surface area contributed by atoms with Crippen LogP contribution in [0.25, 0.3) is 0 Å². The fraction of sp³-hybridized carbons (Fsp3) is 0.526. The highest BCUT2D eigenvalue weighted by Gasteiger charge is 2.34. The van der Waals surface area contributed by atoms with Crippen molar-refractivity contribution in [1.29, 1.82) is 0 Å². The lowest BCUT2D eigenvalue weighted by Gasteiger charge is -2.35. The molecule has 10 heteroatoms. The molecular formula is C19H28N4O5S. The molecule has 0 bridgehead atoms. The van der Waals surface area contributed by atoms with Crippen LogP contribution in [0.4, 0.5) is 0 Å². The summed E-state index contributed by atoms with van der Waals surface area (Å²) in [6, 6.07) is 4.56. The van der Waals surface area contributed by atoms with Crippen molar-refractivity contribution >= 4 is 10.2 Å². The van der Waals surface area contributed by atoms with Gasteiger partial charge in [0.1, 0.15) is 23.4 Å². The van der Waals surface area contributed by atoms with Gasteiger partial charge < -0.3 is 18.8 Å². The molecular weight excluding hydrogens is 396 g/mol. The number of ether oxygens (including phenoxy) is 3. The summed E-state index contributed by atoms with van der Waals surface area (Å²) in [5.74, 6) is 1.68. The second-order valence-electron chi connectivity index (χ2n) is 7.17. The fourth-order valence-corrected chi connectivity index (χ4v) is 4.97. The molecule has 0 aliphatic carbocycles. The van der Waals surface area contributed by atoms with Crippen molar-refractivity contribution in [3.63, 3.8) is 0 Å². The van der Waals surface area contributed by atoms with Gasteiger partial charge in [0.15, 0.2) is 0 Å². The molecule has 1 fully saturated rings. The van der Waals surface area contributed by atoms with Gasteiger partial charge in [0.05, 0.1) is 26.4 Å². The SMILES string of the molecule is COc1cc(OC)cc([C@H](NS(=O)(=O)N2C[C@H](C)O[C@@H](C)C2)c2nccn2C)c1. The lowest BCUT2D eigenvalue weighted by Crippen LogP contribution is -2.52. The predicted octanol–water partition coefficient (Wildman–Crippen LogP) is 1.47. The molecule has 0 unspecified atom stereocenters. The molecule has 1 saturated heterocycles. The Kier molecular flexibility index (Phi) is 6.47. The first kappa shape index (κ1) is 21.6. The molecule has 2 aromatic rings. The van der Waals surface area contributed by atoms with Crippen molar-refractivity contribution in [2.75, 3.05) is 27.3 Å². The van der Waals surface area contributed by atoms with Crippen LogP contribution in [0.1, 0.15) is 31.3 Å². The first-order valence-corrected chi connectivity index (χ1v) is 10.8. The van der Waals surface area contributed by atoms with Crippen LogP contribution in [0.5, 0.6) is 11.5 Å². The maximum Gasteiger partial charge on any atom is 0.280 e. The lowest BCUT2D eigenvalue weighted by molar-refractivity contribution is -0.0444. The summed E-state index contributed by atoms with van der Waals surface area (Å²) < 4.78 is 48.9. The largest absolute Gasteiger partial charge is 0.497 e. The number of imidazole rings is 1. The summed E-state index contributed by atoms with van der Waals surface area (Å²) >= 11 is 0. The highest BCUT2D eigenvalue weighted by molar-refractivity contribution is 7.87. The van der Waals surface area contributed by atoms with E-state index in [9.17, 15) is 8.42 Å². The minimum absolute atomic E-state index is 0.182. The highest BCUT2D eigenvalue weighted by atomic mass is 32.2. The second-order valence-corrected chi connectivity index (χ2v) is 8.87. The Morgan fingerprint density at radius 2 is 1.72 bits per heavy atom. The number of nitrogens with one attached hydrogen (secondary N) is 1. The first-order valence-electron chi connectivity index (χ1n) is 9.36. The van der Waals surface area contributed by atoms with E-state index in [1.165, 1.54) is 4.31 Å². The Morgan fingerprint density at radius 1 is 1.14 bits per heavy atom. The summed E-state index contributed by atoms with van der Waals surface area (Å²) in [5.41, 5.74) is 0.661. The van der Waals surface area contributed by atoms with E-state index in [0.29, 0.717) is 22.9 Å². The van der Waals surface area contributed by atoms with Crippen LogP contribution in [-0.4, -0.2) is 61.8 Å². The number of rotatable bonds is 7. The zero-order valence-electron chi connectivity index (χ0n) is 17.3. The third kappa shape index (κ3) is 4.89. The number of aromatic nitrogens is 2. The lowest BCUT2D eigenvalue weighted by atomic mass is 10.1. The monoisotopic (exact) mass is 424 g/mol. The zero-order chi connectivity index (χ0) is 21.2. The van der Waals surface area contributed by atoms with Crippen molar-refractivity contribution in [2.45, 2.75) is 32.1 Å². The molecule has 1 aromatic heterocycles. The van der Waals surface area contributed by atoms with Gasteiger partial charge in [-0.2, -0.15) is 17.4 Å². The number of morpholine rings is 1. The van der Waals surface area contributed by atoms with Gasteiger partial charge in [-0.1, -0.05) is 0 Å². The van der Waals surface area contributed by atoms with Crippen molar-refractivity contribution in [1.82, 2.24) is 18.6 Å². The van der Waals surface area contributed by atoms with Crippen LogP contribution in [0.2, 0.25) is 0 Å². The minimum atomic E-state index is -3.81. The van der Waals surface area contributed by atoms with Crippen LogP contribution in [0, 0.1) is 0 Å². The Morgan fingerprint density at radius 3 is 2.21 bits per heavy atom. The van der Waals surface area contributed by atoms with Crippen molar-refractivity contribution < 1.29 is 22.6 Å². The number of methoxy groups -OCH3 is 2. The molecule has 1 aliphatic heterocycles. The van der Waals surface area contributed by atoms with Crippen LogP contribution < -0.4 is 14.2 Å². The molecule has 160 valence electrons.